The summed E-state index contributed by atoms with van der Waals surface area (Å²) < 4.78 is 10.8. The summed E-state index contributed by atoms with van der Waals surface area (Å²) in [6.07, 6.45) is 0. The highest BCUT2D eigenvalue weighted by Gasteiger charge is 2.28. The van der Waals surface area contributed by atoms with Gasteiger partial charge in [0.2, 0.25) is 6.79 Å². The highest BCUT2D eigenvalue weighted by molar-refractivity contribution is 5.76. The van der Waals surface area contributed by atoms with Crippen LogP contribution in [0, 0.1) is 0 Å². The molecule has 6 heteroatoms. The highest BCUT2D eigenvalue weighted by Crippen LogP contribution is 2.34. The minimum absolute atomic E-state index is 0.0960. The Labute approximate surface area is 124 Å². The molecule has 0 saturated carbocycles. The van der Waals surface area contributed by atoms with Gasteiger partial charge in [-0.2, -0.15) is 0 Å². The second-order valence-corrected chi connectivity index (χ2v) is 5.37. The SMILES string of the molecule is CCNC(CN1CCN(C)C1=O)c1ccc2c(c1)OCO2. The fraction of sp³-hybridized carbons (Fsp3) is 0.533. The number of hydrogen-bond acceptors (Lipinski definition) is 4. The second-order valence-electron chi connectivity index (χ2n) is 5.37. The summed E-state index contributed by atoms with van der Waals surface area (Å²) in [4.78, 5) is 15.7. The maximum absolute atomic E-state index is 12.0. The number of fused-ring (bicyclic) bond motifs is 1. The minimum Gasteiger partial charge on any atom is -0.454 e. The van der Waals surface area contributed by atoms with Crippen LogP contribution in [0.25, 0.3) is 0 Å². The number of benzene rings is 1. The average molecular weight is 291 g/mol. The van der Waals surface area contributed by atoms with Gasteiger partial charge in [-0.3, -0.25) is 0 Å². The van der Waals surface area contributed by atoms with Gasteiger partial charge in [0.25, 0.3) is 0 Å². The monoisotopic (exact) mass is 291 g/mol. The number of carbonyl (C=O) groups is 1. The van der Waals surface area contributed by atoms with Gasteiger partial charge in [0.15, 0.2) is 11.5 Å². The number of likely N-dealkylation sites (N-methyl/N-ethyl adjacent to an activating group) is 2. The van der Waals surface area contributed by atoms with Gasteiger partial charge >= 0.3 is 6.03 Å². The molecule has 0 aromatic heterocycles. The standard InChI is InChI=1S/C15H21N3O3/c1-3-16-12(9-18-7-6-17(2)15(18)19)11-4-5-13-14(8-11)21-10-20-13/h4-5,8,12,16H,3,6-7,9-10H2,1-2H3. The first-order chi connectivity index (χ1) is 10.2. The molecule has 1 N–H and O–H groups in total. The van der Waals surface area contributed by atoms with Crippen molar-refractivity contribution in [3.05, 3.63) is 23.8 Å². The van der Waals surface area contributed by atoms with E-state index in [2.05, 4.69) is 12.2 Å². The first-order valence-electron chi connectivity index (χ1n) is 7.32. The number of rotatable bonds is 5. The summed E-state index contributed by atoms with van der Waals surface area (Å²) in [5, 5.41) is 3.44. The Morgan fingerprint density at radius 1 is 1.29 bits per heavy atom. The smallest absolute Gasteiger partial charge is 0.319 e. The molecule has 3 rings (SSSR count). The molecule has 0 spiro atoms. The molecule has 2 heterocycles. The van der Waals surface area contributed by atoms with Crippen molar-refractivity contribution in [2.75, 3.05) is 40.0 Å². The number of nitrogens with zero attached hydrogens (tertiary/aromatic N) is 2. The molecule has 6 nitrogen and oxygen atoms in total. The molecule has 2 aliphatic heterocycles. The Morgan fingerprint density at radius 3 is 2.81 bits per heavy atom. The molecule has 0 bridgehead atoms. The van der Waals surface area contributed by atoms with Crippen LogP contribution in [0.1, 0.15) is 18.5 Å². The van der Waals surface area contributed by atoms with E-state index in [1.54, 1.807) is 4.90 Å². The molecule has 0 aliphatic carbocycles. The summed E-state index contributed by atoms with van der Waals surface area (Å²) in [6.45, 7) is 5.42. The maximum atomic E-state index is 12.0. The molecule has 1 saturated heterocycles. The van der Waals surface area contributed by atoms with Gasteiger partial charge in [-0.15, -0.1) is 0 Å². The molecular weight excluding hydrogens is 270 g/mol. The summed E-state index contributed by atoms with van der Waals surface area (Å²) in [5.74, 6) is 1.56. The summed E-state index contributed by atoms with van der Waals surface area (Å²) in [5.41, 5.74) is 1.11. The predicted molar refractivity (Wildman–Crippen MR) is 78.6 cm³/mol. The van der Waals surface area contributed by atoms with Gasteiger partial charge in [-0.1, -0.05) is 13.0 Å². The Bertz CT molecular complexity index is 535. The Kier molecular flexibility index (Phi) is 3.88. The first kappa shape index (κ1) is 14.0. The number of amides is 2. The normalized spacial score (nSPS) is 18.5. The number of hydrogen-bond donors (Lipinski definition) is 1. The summed E-state index contributed by atoms with van der Waals surface area (Å²) in [7, 11) is 1.84. The lowest BCUT2D eigenvalue weighted by Crippen LogP contribution is -2.37. The van der Waals surface area contributed by atoms with Crippen molar-refractivity contribution in [1.82, 2.24) is 15.1 Å². The van der Waals surface area contributed by atoms with E-state index in [1.165, 1.54) is 0 Å². The third-order valence-electron chi connectivity index (χ3n) is 3.95. The lowest BCUT2D eigenvalue weighted by atomic mass is 10.1. The van der Waals surface area contributed by atoms with Crippen molar-refractivity contribution in [3.8, 4) is 11.5 Å². The van der Waals surface area contributed by atoms with Crippen LogP contribution in [0.5, 0.6) is 11.5 Å². The van der Waals surface area contributed by atoms with E-state index in [-0.39, 0.29) is 18.9 Å². The number of carbonyl (C=O) groups excluding carboxylic acids is 1. The van der Waals surface area contributed by atoms with Crippen LogP contribution in [-0.4, -0.2) is 55.9 Å². The van der Waals surface area contributed by atoms with Crippen molar-refractivity contribution in [1.29, 1.82) is 0 Å². The fourth-order valence-corrected chi connectivity index (χ4v) is 2.76. The van der Waals surface area contributed by atoms with Crippen molar-refractivity contribution in [3.63, 3.8) is 0 Å². The Balaban J connectivity index is 1.76. The number of nitrogens with one attached hydrogen (secondary N) is 1. The number of ether oxygens (including phenoxy) is 2. The van der Waals surface area contributed by atoms with Crippen molar-refractivity contribution in [2.24, 2.45) is 0 Å². The Hall–Kier alpha value is -1.95. The quantitative estimate of drug-likeness (QED) is 0.892. The zero-order chi connectivity index (χ0) is 14.8. The molecule has 1 unspecified atom stereocenters. The van der Waals surface area contributed by atoms with Crippen LogP contribution >= 0.6 is 0 Å². The summed E-state index contributed by atoms with van der Waals surface area (Å²) in [6, 6.07) is 6.16. The van der Waals surface area contributed by atoms with E-state index in [0.717, 1.165) is 36.7 Å². The number of urea groups is 1. The van der Waals surface area contributed by atoms with Crippen LogP contribution in [0.4, 0.5) is 4.79 Å². The largest absolute Gasteiger partial charge is 0.454 e. The van der Waals surface area contributed by atoms with Gasteiger partial charge in [0.1, 0.15) is 0 Å². The maximum Gasteiger partial charge on any atom is 0.319 e. The van der Waals surface area contributed by atoms with Gasteiger partial charge in [-0.05, 0) is 24.2 Å². The van der Waals surface area contributed by atoms with Gasteiger partial charge < -0.3 is 24.6 Å². The topological polar surface area (TPSA) is 54.0 Å². The van der Waals surface area contributed by atoms with E-state index >= 15 is 0 Å². The lowest BCUT2D eigenvalue weighted by molar-refractivity contribution is 0.174. The predicted octanol–water partition coefficient (Wildman–Crippen LogP) is 1.43. The van der Waals surface area contributed by atoms with Gasteiger partial charge in [-0.25, -0.2) is 4.79 Å². The van der Waals surface area contributed by atoms with E-state index in [0.29, 0.717) is 6.54 Å². The lowest BCUT2D eigenvalue weighted by Gasteiger charge is -2.24. The first-order valence-corrected chi connectivity index (χ1v) is 7.32. The average Bonchev–Trinajstić information content (AvgIpc) is 3.07. The minimum atomic E-state index is 0.0960. The third kappa shape index (κ3) is 2.76. The molecule has 2 amide bonds. The highest BCUT2D eigenvalue weighted by atomic mass is 16.7. The summed E-state index contributed by atoms with van der Waals surface area (Å²) >= 11 is 0. The van der Waals surface area contributed by atoms with Crippen LogP contribution < -0.4 is 14.8 Å². The molecule has 1 aromatic carbocycles. The van der Waals surface area contributed by atoms with Crippen LogP contribution in [0.3, 0.4) is 0 Å². The molecule has 1 fully saturated rings. The van der Waals surface area contributed by atoms with Crippen LogP contribution in [-0.2, 0) is 0 Å². The fourth-order valence-electron chi connectivity index (χ4n) is 2.76. The molecule has 1 aromatic rings. The van der Waals surface area contributed by atoms with Crippen molar-refractivity contribution in [2.45, 2.75) is 13.0 Å². The van der Waals surface area contributed by atoms with E-state index in [9.17, 15) is 4.79 Å². The van der Waals surface area contributed by atoms with Crippen molar-refractivity contribution >= 4 is 6.03 Å². The third-order valence-corrected chi connectivity index (χ3v) is 3.95. The van der Waals surface area contributed by atoms with E-state index in [4.69, 9.17) is 9.47 Å². The van der Waals surface area contributed by atoms with E-state index < -0.39 is 0 Å². The molecule has 1 atom stereocenters. The second kappa shape index (κ2) is 5.81. The van der Waals surface area contributed by atoms with Gasteiger partial charge in [0, 0.05) is 26.7 Å². The molecule has 21 heavy (non-hydrogen) atoms. The molecular formula is C15H21N3O3. The zero-order valence-corrected chi connectivity index (χ0v) is 12.5. The zero-order valence-electron chi connectivity index (χ0n) is 12.5. The molecule has 2 aliphatic rings. The molecule has 114 valence electrons. The van der Waals surface area contributed by atoms with Crippen LogP contribution in [0.15, 0.2) is 18.2 Å². The molecule has 0 radical (unpaired) electrons. The van der Waals surface area contributed by atoms with E-state index in [1.807, 2.05) is 30.1 Å². The van der Waals surface area contributed by atoms with Crippen molar-refractivity contribution < 1.29 is 14.3 Å². The van der Waals surface area contributed by atoms with Gasteiger partial charge in [0.05, 0.1) is 6.04 Å². The Morgan fingerprint density at radius 2 is 2.10 bits per heavy atom. The van der Waals surface area contributed by atoms with Crippen LogP contribution in [0.2, 0.25) is 0 Å².